The van der Waals surface area contributed by atoms with Crippen LogP contribution in [0.1, 0.15) is 39.5 Å². The molecule has 116 valence electrons. The molecule has 0 saturated carbocycles. The third-order valence-corrected chi connectivity index (χ3v) is 4.32. The summed E-state index contributed by atoms with van der Waals surface area (Å²) in [6, 6.07) is 0. The largest absolute Gasteiger partial charge is 0.469 e. The molecule has 0 bridgehead atoms. The molecule has 0 aromatic rings. The van der Waals surface area contributed by atoms with Crippen molar-refractivity contribution in [1.82, 2.24) is 4.90 Å². The number of hydrogen-bond donors (Lipinski definition) is 0. The van der Waals surface area contributed by atoms with Crippen LogP contribution in [0.4, 0.5) is 0 Å². The summed E-state index contributed by atoms with van der Waals surface area (Å²) in [7, 11) is 1.40. The SMILES string of the molecule is CCN1CCCC(CC2(C)OCC(CC(=O)OC)O2)C1. The van der Waals surface area contributed by atoms with Gasteiger partial charge < -0.3 is 19.1 Å². The highest BCUT2D eigenvalue weighted by Crippen LogP contribution is 2.34. The minimum Gasteiger partial charge on any atom is -0.469 e. The number of likely N-dealkylation sites (tertiary alicyclic amines) is 1. The Morgan fingerprint density at radius 1 is 1.50 bits per heavy atom. The Bertz CT molecular complexity index is 336. The third-order valence-electron chi connectivity index (χ3n) is 4.32. The maximum Gasteiger partial charge on any atom is 0.308 e. The van der Waals surface area contributed by atoms with Crippen molar-refractivity contribution in [3.63, 3.8) is 0 Å². The summed E-state index contributed by atoms with van der Waals surface area (Å²) in [6.45, 7) is 8.13. The van der Waals surface area contributed by atoms with Crippen LogP contribution in [-0.2, 0) is 19.0 Å². The van der Waals surface area contributed by atoms with Crippen LogP contribution in [-0.4, -0.2) is 56.1 Å². The summed E-state index contributed by atoms with van der Waals surface area (Å²) >= 11 is 0. The van der Waals surface area contributed by atoms with Gasteiger partial charge in [-0.25, -0.2) is 0 Å². The second-order valence-corrected chi connectivity index (χ2v) is 6.07. The van der Waals surface area contributed by atoms with Crippen LogP contribution in [0.5, 0.6) is 0 Å². The first kappa shape index (κ1) is 15.7. The zero-order valence-electron chi connectivity index (χ0n) is 12.9. The van der Waals surface area contributed by atoms with Gasteiger partial charge in [-0.05, 0) is 38.8 Å². The second-order valence-electron chi connectivity index (χ2n) is 6.07. The molecule has 5 heteroatoms. The third kappa shape index (κ3) is 4.17. The Morgan fingerprint density at radius 3 is 3.00 bits per heavy atom. The lowest BCUT2D eigenvalue weighted by atomic mass is 9.91. The van der Waals surface area contributed by atoms with E-state index in [0.29, 0.717) is 12.5 Å². The number of rotatable bonds is 5. The zero-order chi connectivity index (χ0) is 14.6. The molecule has 20 heavy (non-hydrogen) atoms. The topological polar surface area (TPSA) is 48.0 Å². The van der Waals surface area contributed by atoms with Crippen molar-refractivity contribution in [2.24, 2.45) is 5.92 Å². The van der Waals surface area contributed by atoms with Crippen molar-refractivity contribution >= 4 is 5.97 Å². The predicted octanol–water partition coefficient (Wildman–Crippen LogP) is 1.80. The average molecular weight is 285 g/mol. The molecular weight excluding hydrogens is 258 g/mol. The van der Waals surface area contributed by atoms with Gasteiger partial charge in [-0.2, -0.15) is 0 Å². The molecular formula is C15H27NO4. The van der Waals surface area contributed by atoms with E-state index in [9.17, 15) is 4.79 Å². The standard InChI is InChI=1S/C15H27NO4/c1-4-16-7-5-6-12(10-16)9-15(2)19-11-13(20-15)8-14(17)18-3/h12-13H,4-11H2,1-3H3. The normalized spacial score (nSPS) is 35.1. The number of carbonyl (C=O) groups excluding carboxylic acids is 1. The van der Waals surface area contributed by atoms with Crippen molar-refractivity contribution < 1.29 is 19.0 Å². The van der Waals surface area contributed by atoms with E-state index in [0.717, 1.165) is 19.5 Å². The second kappa shape index (κ2) is 6.87. The van der Waals surface area contributed by atoms with E-state index in [1.807, 2.05) is 6.92 Å². The van der Waals surface area contributed by atoms with Crippen molar-refractivity contribution in [2.45, 2.75) is 51.4 Å². The summed E-state index contributed by atoms with van der Waals surface area (Å²) in [5.74, 6) is -0.164. The van der Waals surface area contributed by atoms with Crippen molar-refractivity contribution in [3.05, 3.63) is 0 Å². The Balaban J connectivity index is 1.81. The van der Waals surface area contributed by atoms with Crippen molar-refractivity contribution in [2.75, 3.05) is 33.4 Å². The first-order valence-corrected chi connectivity index (χ1v) is 7.65. The number of carbonyl (C=O) groups is 1. The van der Waals surface area contributed by atoms with Crippen LogP contribution >= 0.6 is 0 Å². The molecule has 0 aliphatic carbocycles. The van der Waals surface area contributed by atoms with Crippen LogP contribution in [0.3, 0.4) is 0 Å². The molecule has 2 heterocycles. The van der Waals surface area contributed by atoms with Crippen LogP contribution in [0, 0.1) is 5.92 Å². The van der Waals surface area contributed by atoms with Gasteiger partial charge in [0.1, 0.15) is 0 Å². The number of ether oxygens (including phenoxy) is 3. The van der Waals surface area contributed by atoms with Gasteiger partial charge in [-0.3, -0.25) is 4.79 Å². The monoisotopic (exact) mass is 285 g/mol. The van der Waals surface area contributed by atoms with E-state index in [2.05, 4.69) is 16.6 Å². The highest BCUT2D eigenvalue weighted by Gasteiger charge is 2.40. The van der Waals surface area contributed by atoms with Gasteiger partial charge in [0.15, 0.2) is 5.79 Å². The van der Waals surface area contributed by atoms with E-state index in [1.165, 1.54) is 26.5 Å². The molecule has 3 unspecified atom stereocenters. The van der Waals surface area contributed by atoms with Gasteiger partial charge in [0, 0.05) is 13.0 Å². The highest BCUT2D eigenvalue weighted by atomic mass is 16.7. The Hall–Kier alpha value is -0.650. The van der Waals surface area contributed by atoms with Gasteiger partial charge in [0.25, 0.3) is 0 Å². The van der Waals surface area contributed by atoms with Crippen LogP contribution in [0.2, 0.25) is 0 Å². The molecule has 0 radical (unpaired) electrons. The van der Waals surface area contributed by atoms with Crippen LogP contribution in [0.15, 0.2) is 0 Å². The molecule has 0 aromatic carbocycles. The zero-order valence-corrected chi connectivity index (χ0v) is 12.9. The maximum absolute atomic E-state index is 11.3. The van der Waals surface area contributed by atoms with E-state index >= 15 is 0 Å². The lowest BCUT2D eigenvalue weighted by Gasteiger charge is -2.35. The van der Waals surface area contributed by atoms with E-state index < -0.39 is 5.79 Å². The van der Waals surface area contributed by atoms with Gasteiger partial charge in [0.2, 0.25) is 0 Å². The van der Waals surface area contributed by atoms with Gasteiger partial charge in [0.05, 0.1) is 26.2 Å². The van der Waals surface area contributed by atoms with E-state index in [-0.39, 0.29) is 18.5 Å². The Morgan fingerprint density at radius 2 is 2.30 bits per heavy atom. The van der Waals surface area contributed by atoms with Crippen molar-refractivity contribution in [1.29, 1.82) is 0 Å². The predicted molar refractivity (Wildman–Crippen MR) is 75.3 cm³/mol. The molecule has 0 aromatic heterocycles. The first-order valence-electron chi connectivity index (χ1n) is 7.65. The summed E-state index contributed by atoms with van der Waals surface area (Å²) < 4.78 is 16.5. The maximum atomic E-state index is 11.3. The number of hydrogen-bond acceptors (Lipinski definition) is 5. The quantitative estimate of drug-likeness (QED) is 0.721. The molecule has 2 aliphatic rings. The fourth-order valence-electron chi connectivity index (χ4n) is 3.30. The Kier molecular flexibility index (Phi) is 5.41. The smallest absolute Gasteiger partial charge is 0.308 e. The summed E-state index contributed by atoms with van der Waals surface area (Å²) in [6.07, 6.45) is 3.50. The minimum absolute atomic E-state index is 0.168. The number of esters is 1. The molecule has 2 rings (SSSR count). The van der Waals surface area contributed by atoms with Crippen molar-refractivity contribution in [3.8, 4) is 0 Å². The summed E-state index contributed by atoms with van der Waals surface area (Å²) in [4.78, 5) is 13.8. The molecule has 0 amide bonds. The molecule has 0 spiro atoms. The first-order chi connectivity index (χ1) is 9.54. The van der Waals surface area contributed by atoms with Crippen LogP contribution < -0.4 is 0 Å². The molecule has 0 N–H and O–H groups in total. The number of methoxy groups -OCH3 is 1. The highest BCUT2D eigenvalue weighted by molar-refractivity contribution is 5.69. The van der Waals surface area contributed by atoms with Gasteiger partial charge in [-0.15, -0.1) is 0 Å². The minimum atomic E-state index is -0.542. The van der Waals surface area contributed by atoms with E-state index in [1.54, 1.807) is 0 Å². The lowest BCUT2D eigenvalue weighted by Crippen LogP contribution is -2.39. The summed E-state index contributed by atoms with van der Waals surface area (Å²) in [5.41, 5.74) is 0. The number of piperidine rings is 1. The summed E-state index contributed by atoms with van der Waals surface area (Å²) in [5, 5.41) is 0. The Labute approximate surface area is 121 Å². The molecule has 2 aliphatic heterocycles. The van der Waals surface area contributed by atoms with Gasteiger partial charge >= 0.3 is 5.97 Å². The van der Waals surface area contributed by atoms with Crippen LogP contribution in [0.25, 0.3) is 0 Å². The fraction of sp³-hybridized carbons (Fsp3) is 0.933. The molecule has 2 fully saturated rings. The number of nitrogens with zero attached hydrogens (tertiary/aromatic N) is 1. The molecule has 2 saturated heterocycles. The van der Waals surface area contributed by atoms with Gasteiger partial charge in [-0.1, -0.05) is 6.92 Å². The van der Waals surface area contributed by atoms with E-state index in [4.69, 9.17) is 9.47 Å². The lowest BCUT2D eigenvalue weighted by molar-refractivity contribution is -0.172. The fourth-order valence-corrected chi connectivity index (χ4v) is 3.30. The molecule has 3 atom stereocenters. The molecule has 5 nitrogen and oxygen atoms in total. The average Bonchev–Trinajstić information content (AvgIpc) is 2.79.